The van der Waals surface area contributed by atoms with Crippen LogP contribution < -0.4 is 5.32 Å². The summed E-state index contributed by atoms with van der Waals surface area (Å²) in [6.07, 6.45) is 1.67. The normalized spacial score (nSPS) is 11.5. The zero-order chi connectivity index (χ0) is 12.9. The molecule has 96 valence electrons. The molecule has 0 aliphatic rings. The van der Waals surface area contributed by atoms with E-state index in [0.29, 0.717) is 11.8 Å². The molecule has 5 heteroatoms. The second kappa shape index (κ2) is 6.62. The number of halogens is 2. The first-order chi connectivity index (χ1) is 8.10. The Balaban J connectivity index is 2.77. The lowest BCUT2D eigenvalue weighted by Crippen LogP contribution is -2.51. The maximum absolute atomic E-state index is 12.0. The minimum absolute atomic E-state index is 0.0853. The minimum atomic E-state index is -0.503. The van der Waals surface area contributed by atoms with E-state index in [1.807, 2.05) is 19.1 Å². The van der Waals surface area contributed by atoms with E-state index in [2.05, 4.69) is 12.2 Å². The van der Waals surface area contributed by atoms with Gasteiger partial charge in [0.1, 0.15) is 0 Å². The van der Waals surface area contributed by atoms with Crippen molar-refractivity contribution in [1.82, 2.24) is 5.32 Å². The molecule has 0 atom stereocenters. The van der Waals surface area contributed by atoms with Gasteiger partial charge in [0.15, 0.2) is 0 Å². The smallest absolute Gasteiger partial charge is 0.261 e. The molecular weight excluding hydrogens is 277 g/mol. The first kappa shape index (κ1) is 14.8. The van der Waals surface area contributed by atoms with Crippen LogP contribution in [0.5, 0.6) is 0 Å². The first-order valence-corrected chi connectivity index (χ1v) is 7.52. The summed E-state index contributed by atoms with van der Waals surface area (Å²) >= 11 is 13.3. The molecule has 1 amide bonds. The summed E-state index contributed by atoms with van der Waals surface area (Å²) in [7, 11) is 0. The van der Waals surface area contributed by atoms with Gasteiger partial charge in [0.2, 0.25) is 0 Å². The number of hydrogen-bond donors (Lipinski definition) is 1. The van der Waals surface area contributed by atoms with Crippen LogP contribution in [0, 0.1) is 0 Å². The molecule has 17 heavy (non-hydrogen) atoms. The predicted octanol–water partition coefficient (Wildman–Crippen LogP) is 3.67. The van der Waals surface area contributed by atoms with Gasteiger partial charge in [0, 0.05) is 16.6 Å². The maximum Gasteiger partial charge on any atom is 0.261 e. The molecule has 1 heterocycles. The molecule has 0 bridgehead atoms. The number of hydrogen-bond acceptors (Lipinski definition) is 2. The highest BCUT2D eigenvalue weighted by molar-refractivity contribution is 7.14. The number of amides is 1. The number of carbonyl (C=O) groups is 1. The van der Waals surface area contributed by atoms with Crippen molar-refractivity contribution in [2.24, 2.45) is 0 Å². The van der Waals surface area contributed by atoms with Crippen molar-refractivity contribution >= 4 is 40.4 Å². The summed E-state index contributed by atoms with van der Waals surface area (Å²) in [5, 5.41) is 2.94. The Morgan fingerprint density at radius 2 is 2.00 bits per heavy atom. The molecule has 0 radical (unpaired) electrons. The van der Waals surface area contributed by atoms with Crippen LogP contribution in [-0.4, -0.2) is 23.2 Å². The largest absolute Gasteiger partial charge is 0.344 e. The van der Waals surface area contributed by atoms with E-state index in [-0.39, 0.29) is 5.91 Å². The van der Waals surface area contributed by atoms with Gasteiger partial charge in [-0.15, -0.1) is 34.5 Å². The van der Waals surface area contributed by atoms with E-state index in [9.17, 15) is 4.79 Å². The van der Waals surface area contributed by atoms with Gasteiger partial charge in [0.25, 0.3) is 5.91 Å². The van der Waals surface area contributed by atoms with Crippen molar-refractivity contribution in [3.63, 3.8) is 0 Å². The molecule has 0 spiro atoms. The van der Waals surface area contributed by atoms with Gasteiger partial charge in [0.05, 0.1) is 10.4 Å². The lowest BCUT2D eigenvalue weighted by Gasteiger charge is -2.29. The Hall–Kier alpha value is -0.250. The summed E-state index contributed by atoms with van der Waals surface area (Å²) in [5.74, 6) is 0.563. The van der Waals surface area contributed by atoms with Crippen LogP contribution >= 0.6 is 34.5 Å². The van der Waals surface area contributed by atoms with E-state index in [1.165, 1.54) is 16.2 Å². The molecule has 1 N–H and O–H groups in total. The molecule has 0 saturated carbocycles. The Morgan fingerprint density at radius 3 is 2.41 bits per heavy atom. The van der Waals surface area contributed by atoms with Crippen molar-refractivity contribution < 1.29 is 4.79 Å². The fourth-order valence-corrected chi connectivity index (χ4v) is 3.01. The quantitative estimate of drug-likeness (QED) is 0.797. The number of rotatable bonds is 6. The summed E-state index contributed by atoms with van der Waals surface area (Å²) in [4.78, 5) is 14.0. The second-order valence-electron chi connectivity index (χ2n) is 3.97. The summed E-state index contributed by atoms with van der Waals surface area (Å²) < 4.78 is 0. The summed E-state index contributed by atoms with van der Waals surface area (Å²) in [6.45, 7) is 4.04. The number of aryl methyl sites for hydroxylation is 1. The molecule has 0 saturated heterocycles. The zero-order valence-electron chi connectivity index (χ0n) is 10.1. The van der Waals surface area contributed by atoms with E-state index < -0.39 is 5.54 Å². The van der Waals surface area contributed by atoms with Gasteiger partial charge in [-0.3, -0.25) is 4.79 Å². The minimum Gasteiger partial charge on any atom is -0.344 e. The third-order valence-corrected chi connectivity index (χ3v) is 5.05. The van der Waals surface area contributed by atoms with Crippen LogP contribution in [-0.2, 0) is 6.42 Å². The van der Waals surface area contributed by atoms with Crippen molar-refractivity contribution in [3.05, 3.63) is 21.9 Å². The number of carbonyl (C=O) groups excluding carboxylic acids is 1. The van der Waals surface area contributed by atoms with Crippen molar-refractivity contribution in [2.45, 2.75) is 32.2 Å². The molecule has 1 aromatic rings. The van der Waals surface area contributed by atoms with Gasteiger partial charge in [-0.1, -0.05) is 13.8 Å². The maximum atomic E-state index is 12.0. The molecule has 0 aliphatic carbocycles. The average molecular weight is 294 g/mol. The lowest BCUT2D eigenvalue weighted by molar-refractivity contribution is 0.0917. The summed E-state index contributed by atoms with van der Waals surface area (Å²) in [5.41, 5.74) is -0.503. The third kappa shape index (κ3) is 3.60. The molecule has 0 fully saturated rings. The molecule has 0 unspecified atom stereocenters. The molecule has 0 aliphatic heterocycles. The molecule has 2 nitrogen and oxygen atoms in total. The first-order valence-electron chi connectivity index (χ1n) is 5.64. The topological polar surface area (TPSA) is 29.1 Å². The highest BCUT2D eigenvalue weighted by atomic mass is 35.5. The SMILES string of the molecule is CCc1ccc(C(=O)NC(CC)(CCl)CCl)s1. The van der Waals surface area contributed by atoms with Crippen LogP contribution in [0.3, 0.4) is 0 Å². The summed E-state index contributed by atoms with van der Waals surface area (Å²) in [6, 6.07) is 3.83. The average Bonchev–Trinajstić information content (AvgIpc) is 2.85. The zero-order valence-corrected chi connectivity index (χ0v) is 12.4. The van der Waals surface area contributed by atoms with Crippen LogP contribution in [0.1, 0.15) is 34.8 Å². The Kier molecular flexibility index (Phi) is 5.77. The lowest BCUT2D eigenvalue weighted by atomic mass is 10.0. The third-order valence-electron chi connectivity index (χ3n) is 2.80. The van der Waals surface area contributed by atoms with Gasteiger partial charge < -0.3 is 5.32 Å². The van der Waals surface area contributed by atoms with Gasteiger partial charge in [-0.25, -0.2) is 0 Å². The van der Waals surface area contributed by atoms with Gasteiger partial charge in [-0.05, 0) is 25.0 Å². The van der Waals surface area contributed by atoms with E-state index in [4.69, 9.17) is 23.2 Å². The molecule has 1 rings (SSSR count). The second-order valence-corrected chi connectivity index (χ2v) is 5.68. The number of alkyl halides is 2. The highest BCUT2D eigenvalue weighted by Crippen LogP contribution is 2.20. The Labute approximate surface area is 116 Å². The standard InChI is InChI=1S/C12H17Cl2NOS/c1-3-9-5-6-10(17-9)11(16)15-12(4-2,7-13)8-14/h5-6H,3-4,7-8H2,1-2H3,(H,15,16). The Bertz CT molecular complexity index is 366. The molecule has 1 aromatic heterocycles. The van der Waals surface area contributed by atoms with Crippen molar-refractivity contribution in [2.75, 3.05) is 11.8 Å². The highest BCUT2D eigenvalue weighted by Gasteiger charge is 2.29. The monoisotopic (exact) mass is 293 g/mol. The number of nitrogens with one attached hydrogen (secondary N) is 1. The molecular formula is C12H17Cl2NOS. The molecule has 0 aromatic carbocycles. The van der Waals surface area contributed by atoms with E-state index >= 15 is 0 Å². The predicted molar refractivity (Wildman–Crippen MR) is 75.6 cm³/mol. The van der Waals surface area contributed by atoms with Gasteiger partial charge in [-0.2, -0.15) is 0 Å². The number of thiophene rings is 1. The van der Waals surface area contributed by atoms with Crippen LogP contribution in [0.2, 0.25) is 0 Å². The van der Waals surface area contributed by atoms with Crippen molar-refractivity contribution in [3.8, 4) is 0 Å². The Morgan fingerprint density at radius 1 is 1.35 bits per heavy atom. The van der Waals surface area contributed by atoms with Crippen LogP contribution in [0.15, 0.2) is 12.1 Å². The fourth-order valence-electron chi connectivity index (χ4n) is 1.37. The van der Waals surface area contributed by atoms with E-state index in [0.717, 1.165) is 17.7 Å². The van der Waals surface area contributed by atoms with Crippen LogP contribution in [0.25, 0.3) is 0 Å². The van der Waals surface area contributed by atoms with E-state index in [1.54, 1.807) is 0 Å². The van der Waals surface area contributed by atoms with Gasteiger partial charge >= 0.3 is 0 Å². The van der Waals surface area contributed by atoms with Crippen molar-refractivity contribution in [1.29, 1.82) is 0 Å². The van der Waals surface area contributed by atoms with Crippen LogP contribution in [0.4, 0.5) is 0 Å². The fraction of sp³-hybridized carbons (Fsp3) is 0.583.